The quantitative estimate of drug-likeness (QED) is 0.339. The standard InChI is InChI=1S/C29H36N4O5/c1-32-15-13-25(14-16-32)38-26(34)19-20-11-17-33(18-12-20)28(35)24-9-5-22(6-10-24)21-3-7-23(8-4-21)27(30)31-29(36)37-2/h3-10,20,25H,11-19H2,1-2H3,(H2,30,31,36). The molecule has 0 aliphatic carbocycles. The van der Waals surface area contributed by atoms with Gasteiger partial charge in [0.1, 0.15) is 11.9 Å². The number of piperidine rings is 2. The summed E-state index contributed by atoms with van der Waals surface area (Å²) in [5, 5.41) is 10.3. The normalized spacial score (nSPS) is 17.1. The van der Waals surface area contributed by atoms with Crippen LogP contribution in [0.3, 0.4) is 0 Å². The van der Waals surface area contributed by atoms with Gasteiger partial charge in [-0.3, -0.25) is 20.3 Å². The van der Waals surface area contributed by atoms with Gasteiger partial charge in [0, 0.05) is 43.7 Å². The second-order valence-corrected chi connectivity index (χ2v) is 10.1. The molecule has 2 fully saturated rings. The van der Waals surface area contributed by atoms with Crippen LogP contribution in [-0.2, 0) is 14.3 Å². The Balaban J connectivity index is 1.25. The summed E-state index contributed by atoms with van der Waals surface area (Å²) in [6.45, 7) is 3.21. The molecule has 2 aromatic carbocycles. The summed E-state index contributed by atoms with van der Waals surface area (Å²) in [7, 11) is 3.34. The van der Waals surface area contributed by atoms with Crippen LogP contribution in [0.4, 0.5) is 4.79 Å². The van der Waals surface area contributed by atoms with Crippen LogP contribution in [0.25, 0.3) is 11.1 Å². The van der Waals surface area contributed by atoms with Gasteiger partial charge in [-0.05, 0) is 61.9 Å². The third kappa shape index (κ3) is 7.19. The lowest BCUT2D eigenvalue weighted by atomic mass is 9.93. The van der Waals surface area contributed by atoms with Gasteiger partial charge in [0.25, 0.3) is 5.91 Å². The number of nitrogens with one attached hydrogen (secondary N) is 2. The summed E-state index contributed by atoms with van der Waals surface area (Å²) in [5.41, 5.74) is 3.08. The predicted octanol–water partition coefficient (Wildman–Crippen LogP) is 3.91. The molecule has 0 atom stereocenters. The maximum absolute atomic E-state index is 13.1. The molecule has 0 saturated carbocycles. The average molecular weight is 521 g/mol. The number of carbonyl (C=O) groups excluding carboxylic acids is 3. The van der Waals surface area contributed by atoms with E-state index >= 15 is 0 Å². The van der Waals surface area contributed by atoms with Gasteiger partial charge in [-0.15, -0.1) is 0 Å². The van der Waals surface area contributed by atoms with E-state index in [4.69, 9.17) is 10.1 Å². The van der Waals surface area contributed by atoms with Crippen LogP contribution < -0.4 is 5.32 Å². The number of rotatable bonds is 6. The Morgan fingerprint density at radius 2 is 1.42 bits per heavy atom. The molecule has 2 aliphatic rings. The fourth-order valence-electron chi connectivity index (χ4n) is 4.96. The highest BCUT2D eigenvalue weighted by Gasteiger charge is 2.27. The molecule has 0 spiro atoms. The highest BCUT2D eigenvalue weighted by Crippen LogP contribution is 2.25. The number of ether oxygens (including phenoxy) is 2. The van der Waals surface area contributed by atoms with E-state index in [9.17, 15) is 14.4 Å². The van der Waals surface area contributed by atoms with Crippen molar-refractivity contribution < 1.29 is 23.9 Å². The molecule has 0 aromatic heterocycles. The van der Waals surface area contributed by atoms with Crippen LogP contribution in [0.2, 0.25) is 0 Å². The minimum absolute atomic E-state index is 0.00147. The van der Waals surface area contributed by atoms with Crippen LogP contribution in [0.1, 0.15) is 48.0 Å². The van der Waals surface area contributed by atoms with Gasteiger partial charge in [-0.1, -0.05) is 36.4 Å². The average Bonchev–Trinajstić information content (AvgIpc) is 2.94. The second kappa shape index (κ2) is 12.7. The van der Waals surface area contributed by atoms with Gasteiger partial charge in [0.15, 0.2) is 0 Å². The lowest BCUT2D eigenvalue weighted by Gasteiger charge is -2.32. The fourth-order valence-corrected chi connectivity index (χ4v) is 4.96. The molecule has 2 saturated heterocycles. The van der Waals surface area contributed by atoms with E-state index in [2.05, 4.69) is 22.0 Å². The number of esters is 1. The number of alkyl carbamates (subject to hydrolysis) is 1. The first-order valence-corrected chi connectivity index (χ1v) is 13.1. The second-order valence-electron chi connectivity index (χ2n) is 10.1. The summed E-state index contributed by atoms with van der Waals surface area (Å²) in [4.78, 5) is 40.9. The monoisotopic (exact) mass is 520 g/mol. The zero-order valence-electron chi connectivity index (χ0n) is 22.1. The summed E-state index contributed by atoms with van der Waals surface area (Å²) in [6.07, 6.45) is 3.20. The lowest BCUT2D eigenvalue weighted by Crippen LogP contribution is -2.39. The number of likely N-dealkylation sites (tertiary alicyclic amines) is 2. The Morgan fingerprint density at radius 1 is 0.868 bits per heavy atom. The van der Waals surface area contributed by atoms with Gasteiger partial charge in [0.2, 0.25) is 0 Å². The Kier molecular flexibility index (Phi) is 9.12. The Hall–Kier alpha value is -3.72. The van der Waals surface area contributed by atoms with E-state index in [1.807, 2.05) is 41.3 Å². The van der Waals surface area contributed by atoms with E-state index in [1.54, 1.807) is 12.1 Å². The number of nitrogens with zero attached hydrogens (tertiary/aromatic N) is 2. The van der Waals surface area contributed by atoms with Crippen molar-refractivity contribution in [2.45, 2.75) is 38.2 Å². The van der Waals surface area contributed by atoms with Crippen molar-refractivity contribution in [3.05, 3.63) is 59.7 Å². The molecule has 0 radical (unpaired) electrons. The van der Waals surface area contributed by atoms with Gasteiger partial charge >= 0.3 is 12.1 Å². The van der Waals surface area contributed by atoms with Gasteiger partial charge in [-0.2, -0.15) is 0 Å². The molecule has 0 bridgehead atoms. The highest BCUT2D eigenvalue weighted by atomic mass is 16.5. The zero-order valence-corrected chi connectivity index (χ0v) is 22.1. The van der Waals surface area contributed by atoms with Crippen molar-refractivity contribution in [1.29, 1.82) is 5.41 Å². The molecule has 4 rings (SSSR count). The lowest BCUT2D eigenvalue weighted by molar-refractivity contribution is -0.152. The molecule has 9 nitrogen and oxygen atoms in total. The number of benzene rings is 2. The van der Waals surface area contributed by atoms with Crippen LogP contribution in [0, 0.1) is 11.3 Å². The molecule has 2 N–H and O–H groups in total. The minimum Gasteiger partial charge on any atom is -0.462 e. The van der Waals surface area contributed by atoms with Crippen LogP contribution in [-0.4, -0.2) is 80.0 Å². The number of hydrogen-bond donors (Lipinski definition) is 2. The van der Waals surface area contributed by atoms with Crippen LogP contribution in [0.15, 0.2) is 48.5 Å². The molecular weight excluding hydrogens is 484 g/mol. The van der Waals surface area contributed by atoms with E-state index in [-0.39, 0.29) is 29.7 Å². The smallest absolute Gasteiger partial charge is 0.412 e. The topological polar surface area (TPSA) is 112 Å². The summed E-state index contributed by atoms with van der Waals surface area (Å²) in [6, 6.07) is 14.7. The van der Waals surface area contributed by atoms with E-state index in [0.717, 1.165) is 49.9 Å². The minimum atomic E-state index is -0.686. The van der Waals surface area contributed by atoms with Crippen LogP contribution >= 0.6 is 0 Å². The predicted molar refractivity (Wildman–Crippen MR) is 144 cm³/mol. The van der Waals surface area contributed by atoms with Crippen molar-refractivity contribution in [3.63, 3.8) is 0 Å². The zero-order chi connectivity index (χ0) is 27.1. The number of carbonyl (C=O) groups is 3. The fraction of sp³-hybridized carbons (Fsp3) is 0.448. The molecule has 2 heterocycles. The first-order chi connectivity index (χ1) is 18.3. The van der Waals surface area contributed by atoms with Crippen molar-refractivity contribution in [2.24, 2.45) is 5.92 Å². The van der Waals surface area contributed by atoms with Gasteiger partial charge < -0.3 is 19.3 Å². The largest absolute Gasteiger partial charge is 0.462 e. The first-order valence-electron chi connectivity index (χ1n) is 13.1. The molecule has 38 heavy (non-hydrogen) atoms. The maximum Gasteiger partial charge on any atom is 0.412 e. The maximum atomic E-state index is 13.1. The summed E-state index contributed by atoms with van der Waals surface area (Å²) >= 11 is 0. The van der Waals surface area contributed by atoms with E-state index < -0.39 is 6.09 Å². The Bertz CT molecular complexity index is 1130. The Labute approximate surface area is 223 Å². The number of methoxy groups -OCH3 is 1. The van der Waals surface area contributed by atoms with Crippen molar-refractivity contribution in [2.75, 3.05) is 40.3 Å². The third-order valence-corrected chi connectivity index (χ3v) is 7.37. The summed E-state index contributed by atoms with van der Waals surface area (Å²) < 4.78 is 10.2. The van der Waals surface area contributed by atoms with Crippen molar-refractivity contribution in [1.82, 2.24) is 15.1 Å². The molecule has 9 heteroatoms. The molecule has 2 aromatic rings. The van der Waals surface area contributed by atoms with Gasteiger partial charge in [0.05, 0.1) is 7.11 Å². The first kappa shape index (κ1) is 27.3. The van der Waals surface area contributed by atoms with Crippen LogP contribution in [0.5, 0.6) is 0 Å². The molecule has 2 amide bonds. The highest BCUT2D eigenvalue weighted by molar-refractivity contribution is 6.04. The number of amides is 2. The van der Waals surface area contributed by atoms with Gasteiger partial charge in [-0.25, -0.2) is 4.79 Å². The number of hydrogen-bond acceptors (Lipinski definition) is 7. The van der Waals surface area contributed by atoms with E-state index in [1.165, 1.54) is 7.11 Å². The summed E-state index contributed by atoms with van der Waals surface area (Å²) in [5.74, 6) is 0.112. The molecule has 0 unspecified atom stereocenters. The molecular formula is C29H36N4O5. The van der Waals surface area contributed by atoms with Crippen molar-refractivity contribution in [3.8, 4) is 11.1 Å². The molecule has 202 valence electrons. The molecule has 2 aliphatic heterocycles. The Morgan fingerprint density at radius 3 is 1.97 bits per heavy atom. The number of amidine groups is 1. The SMILES string of the molecule is COC(=O)NC(=N)c1ccc(-c2ccc(C(=O)N3CCC(CC(=O)OC4CCN(C)CC4)CC3)cc2)cc1. The van der Waals surface area contributed by atoms with Crippen molar-refractivity contribution >= 4 is 23.8 Å². The van der Waals surface area contributed by atoms with E-state index in [0.29, 0.717) is 30.6 Å². The third-order valence-electron chi connectivity index (χ3n) is 7.37.